The summed E-state index contributed by atoms with van der Waals surface area (Å²) in [5.41, 5.74) is 10.6. The van der Waals surface area contributed by atoms with Gasteiger partial charge in [0.25, 0.3) is 0 Å². The van der Waals surface area contributed by atoms with Gasteiger partial charge in [-0.1, -0.05) is 140 Å². The molecule has 0 aliphatic heterocycles. The van der Waals surface area contributed by atoms with E-state index in [1.54, 1.807) is 0 Å². The Hall–Kier alpha value is -8.05. The van der Waals surface area contributed by atoms with Gasteiger partial charge in [0.2, 0.25) is 0 Å². The second kappa shape index (κ2) is 14.5. The zero-order chi connectivity index (χ0) is 42.2. The fraction of sp³-hybridized carbons (Fsp3) is 0. The summed E-state index contributed by atoms with van der Waals surface area (Å²) in [4.78, 5) is 5.13. The number of hydrogen-bond donors (Lipinski definition) is 0. The summed E-state index contributed by atoms with van der Waals surface area (Å²) in [5.74, 6) is 0. The molecule has 0 atom stereocenters. The van der Waals surface area contributed by atoms with E-state index in [2.05, 4.69) is 262 Å². The Balaban J connectivity index is 1.12. The van der Waals surface area contributed by atoms with Crippen LogP contribution in [0, 0.1) is 0 Å². The molecule has 3 nitrogen and oxygen atoms in total. The van der Waals surface area contributed by atoms with E-state index in [9.17, 15) is 0 Å². The molecule has 64 heavy (non-hydrogen) atoms. The van der Waals surface area contributed by atoms with Crippen molar-refractivity contribution < 1.29 is 0 Å². The van der Waals surface area contributed by atoms with Gasteiger partial charge >= 0.3 is 0 Å². The molecule has 0 spiro atoms. The van der Waals surface area contributed by atoms with Crippen molar-refractivity contribution in [3.8, 4) is 17.1 Å². The Morgan fingerprint density at radius 3 is 1.08 bits per heavy atom. The lowest BCUT2D eigenvalue weighted by Gasteiger charge is -2.42. The van der Waals surface area contributed by atoms with Crippen molar-refractivity contribution in [2.45, 2.75) is 19.6 Å². The largest absolute Gasteiger partial charge is 0.309 e. The minimum atomic E-state index is -2.08. The molecule has 13 rings (SSSR count). The van der Waals surface area contributed by atoms with Gasteiger partial charge in [-0.05, 0) is 109 Å². The molecule has 0 saturated carbocycles. The molecule has 302 valence electrons. The maximum Gasteiger partial charge on any atom is 0.0562 e. The fourth-order valence-corrected chi connectivity index (χ4v) is 14.3. The van der Waals surface area contributed by atoms with Gasteiger partial charge in [0.05, 0.1) is 33.1 Å². The summed E-state index contributed by atoms with van der Waals surface area (Å²) in [6.07, 6.45) is 0. The van der Waals surface area contributed by atoms with Crippen LogP contribution in [-0.4, -0.2) is 13.7 Å². The van der Waals surface area contributed by atoms with Gasteiger partial charge in [0, 0.05) is 69.0 Å². The molecule has 4 heteroatoms. The number of para-hydroxylation sites is 5. The third kappa shape index (κ3) is 5.36. The first-order chi connectivity index (χ1) is 31.8. The van der Waals surface area contributed by atoms with E-state index < -0.39 is 10.0 Å². The molecule has 10 aromatic carbocycles. The zero-order valence-electron chi connectivity index (χ0n) is 34.9. The van der Waals surface area contributed by atoms with Crippen LogP contribution < -0.4 is 0 Å². The van der Waals surface area contributed by atoms with Crippen LogP contribution in [0.4, 0.5) is 0 Å². The minimum absolute atomic E-state index is 1.13. The summed E-state index contributed by atoms with van der Waals surface area (Å²) < 4.78 is 7.36. The molecule has 0 amide bonds. The van der Waals surface area contributed by atoms with Gasteiger partial charge in [-0.2, -0.15) is 0 Å². The van der Waals surface area contributed by atoms with E-state index in [1.165, 1.54) is 85.0 Å². The van der Waals surface area contributed by atoms with E-state index in [0.717, 1.165) is 17.1 Å². The Labute approximate surface area is 372 Å². The maximum absolute atomic E-state index is 2.50. The molecule has 0 radical (unpaired) electrons. The smallest absolute Gasteiger partial charge is 0.0562 e. The predicted molar refractivity (Wildman–Crippen MR) is 269 cm³/mol. The Kier molecular flexibility index (Phi) is 8.30. The van der Waals surface area contributed by atoms with Crippen LogP contribution in [0.15, 0.2) is 268 Å². The lowest BCUT2D eigenvalue weighted by Crippen LogP contribution is -2.06. The van der Waals surface area contributed by atoms with Crippen LogP contribution in [-0.2, 0) is 0 Å². The lowest BCUT2D eigenvalue weighted by molar-refractivity contribution is 1.14. The Morgan fingerprint density at radius 1 is 0.203 bits per heavy atom. The average Bonchev–Trinajstić information content (AvgIpc) is 4.00. The van der Waals surface area contributed by atoms with Gasteiger partial charge in [-0.25, -0.2) is 0 Å². The van der Waals surface area contributed by atoms with E-state index in [-0.39, 0.29) is 0 Å². The topological polar surface area (TPSA) is 14.8 Å². The monoisotopic (exact) mass is 835 g/mol. The maximum atomic E-state index is 2.50. The number of nitrogens with zero attached hydrogens (tertiary/aromatic N) is 3. The van der Waals surface area contributed by atoms with E-state index in [0.29, 0.717) is 0 Å². The van der Waals surface area contributed by atoms with E-state index >= 15 is 0 Å². The van der Waals surface area contributed by atoms with Crippen molar-refractivity contribution in [3.05, 3.63) is 249 Å². The molecule has 13 aromatic rings. The minimum Gasteiger partial charge on any atom is -0.309 e. The SMILES string of the molecule is c1ccc(-n2c3ccccc3c3ccc(S(c4ccccc4)(c4ccccc4)c4cccc(-n5c6ccccc6c6cc7c8ccccc8n(-c8ccccc8)c7cc65)c4)cc32)cc1. The van der Waals surface area contributed by atoms with Gasteiger partial charge < -0.3 is 13.7 Å². The molecule has 0 saturated heterocycles. The molecule has 3 heterocycles. The second-order valence-electron chi connectivity index (χ2n) is 16.5. The van der Waals surface area contributed by atoms with Gasteiger partial charge in [0.15, 0.2) is 0 Å². The summed E-state index contributed by atoms with van der Waals surface area (Å²) >= 11 is 0. The van der Waals surface area contributed by atoms with Crippen molar-refractivity contribution in [1.82, 2.24) is 13.7 Å². The molecular formula is C60H41N3S. The highest BCUT2D eigenvalue weighted by atomic mass is 32.3. The normalized spacial score (nSPS) is 12.3. The Bertz CT molecular complexity index is 3840. The number of rotatable bonds is 7. The number of fused-ring (bicyclic) bond motifs is 9. The van der Waals surface area contributed by atoms with Gasteiger partial charge in [-0.15, -0.1) is 10.0 Å². The first-order valence-corrected chi connectivity index (χ1v) is 23.6. The first-order valence-electron chi connectivity index (χ1n) is 21.9. The molecule has 0 N–H and O–H groups in total. The third-order valence-electron chi connectivity index (χ3n) is 13.1. The predicted octanol–water partition coefficient (Wildman–Crippen LogP) is 16.3. The van der Waals surface area contributed by atoms with Crippen LogP contribution in [0.2, 0.25) is 0 Å². The van der Waals surface area contributed by atoms with Gasteiger partial charge in [-0.3, -0.25) is 0 Å². The quantitative estimate of drug-likeness (QED) is 0.152. The molecule has 0 aliphatic carbocycles. The van der Waals surface area contributed by atoms with E-state index in [4.69, 9.17) is 0 Å². The summed E-state index contributed by atoms with van der Waals surface area (Å²) in [6, 6.07) is 92.1. The highest BCUT2D eigenvalue weighted by molar-refractivity contribution is 8.34. The van der Waals surface area contributed by atoms with Crippen LogP contribution in [0.5, 0.6) is 0 Å². The number of aromatic nitrogens is 3. The van der Waals surface area contributed by atoms with Crippen LogP contribution in [0.1, 0.15) is 0 Å². The van der Waals surface area contributed by atoms with Crippen LogP contribution in [0.25, 0.3) is 82.5 Å². The summed E-state index contributed by atoms with van der Waals surface area (Å²) in [6.45, 7) is 0. The molecular weight excluding hydrogens is 795 g/mol. The van der Waals surface area contributed by atoms with Crippen LogP contribution in [0.3, 0.4) is 0 Å². The van der Waals surface area contributed by atoms with Crippen molar-refractivity contribution in [1.29, 1.82) is 0 Å². The molecule has 3 aromatic heterocycles. The zero-order valence-corrected chi connectivity index (χ0v) is 35.7. The highest BCUT2D eigenvalue weighted by Crippen LogP contribution is 2.74. The summed E-state index contributed by atoms with van der Waals surface area (Å²) in [5, 5.41) is 7.49. The highest BCUT2D eigenvalue weighted by Gasteiger charge is 2.34. The second-order valence-corrected chi connectivity index (χ2v) is 19.6. The number of benzene rings is 10. The number of hydrogen-bond acceptors (Lipinski definition) is 0. The average molecular weight is 836 g/mol. The molecule has 0 aliphatic rings. The standard InChI is InChI=1S/C60H41N3S/c1-5-20-42(21-6-1)61-55-33-16-13-30-49(55)52-37-36-48(39-58(52)61)64(45-25-9-3-10-26-45,46-27-11-4-12-28-46)47-29-19-24-44(38-47)63-57-35-18-15-32-51(57)54-40-53-50-31-14-17-34-56(50)62(59(53)41-60(54)63)43-22-7-2-8-23-43/h1-41H. The molecule has 0 bridgehead atoms. The molecule has 0 unspecified atom stereocenters. The molecule has 0 fully saturated rings. The van der Waals surface area contributed by atoms with E-state index in [1.807, 2.05) is 0 Å². The van der Waals surface area contributed by atoms with Crippen molar-refractivity contribution in [2.75, 3.05) is 0 Å². The first kappa shape index (κ1) is 36.6. The lowest BCUT2D eigenvalue weighted by atomic mass is 10.1. The van der Waals surface area contributed by atoms with Crippen molar-refractivity contribution in [2.24, 2.45) is 0 Å². The van der Waals surface area contributed by atoms with Crippen molar-refractivity contribution in [3.63, 3.8) is 0 Å². The van der Waals surface area contributed by atoms with Gasteiger partial charge in [0.1, 0.15) is 0 Å². The third-order valence-corrected chi connectivity index (χ3v) is 17.0. The fourth-order valence-electron chi connectivity index (χ4n) is 10.4. The van der Waals surface area contributed by atoms with Crippen LogP contribution >= 0.6 is 10.0 Å². The van der Waals surface area contributed by atoms with Crippen molar-refractivity contribution >= 4 is 75.4 Å². The Morgan fingerprint density at radius 2 is 0.562 bits per heavy atom. The summed E-state index contributed by atoms with van der Waals surface area (Å²) in [7, 11) is -2.08.